The van der Waals surface area contributed by atoms with Crippen molar-refractivity contribution in [1.29, 1.82) is 0 Å². The second kappa shape index (κ2) is 8.15. The van der Waals surface area contributed by atoms with Gasteiger partial charge in [0.05, 0.1) is 26.3 Å². The van der Waals surface area contributed by atoms with Gasteiger partial charge in [0.15, 0.2) is 17.5 Å². The van der Waals surface area contributed by atoms with Gasteiger partial charge in [-0.3, -0.25) is 4.99 Å². The number of halogens is 1. The molecule has 2 rings (SSSR count). The quantitative estimate of drug-likeness (QED) is 0.617. The topological polar surface area (TPSA) is 46.1 Å². The van der Waals surface area contributed by atoms with Crippen molar-refractivity contribution in [3.63, 3.8) is 0 Å². The fraction of sp³-hybridized carbons (Fsp3) is 0.588. The van der Waals surface area contributed by atoms with E-state index in [-0.39, 0.29) is 17.0 Å². The number of benzene rings is 1. The standard InChI is InChI=1S/C17H26FN3O2/c1-4-19-16(20-11-17(2)12-22-13-17)21(3)9-10-23-15-8-6-5-7-14(15)18/h5-8H,4,9-13H2,1-3H3,(H,19,20). The minimum Gasteiger partial charge on any atom is -0.489 e. The summed E-state index contributed by atoms with van der Waals surface area (Å²) in [5.41, 5.74) is 0.144. The van der Waals surface area contributed by atoms with Gasteiger partial charge in [-0.05, 0) is 19.1 Å². The Hall–Kier alpha value is -1.82. The molecule has 0 saturated carbocycles. The molecule has 23 heavy (non-hydrogen) atoms. The van der Waals surface area contributed by atoms with Crippen LogP contribution in [0.3, 0.4) is 0 Å². The van der Waals surface area contributed by atoms with E-state index >= 15 is 0 Å². The minimum atomic E-state index is -0.339. The molecule has 1 aliphatic heterocycles. The first-order chi connectivity index (χ1) is 11.0. The fourth-order valence-electron chi connectivity index (χ4n) is 2.24. The maximum Gasteiger partial charge on any atom is 0.193 e. The van der Waals surface area contributed by atoms with Crippen molar-refractivity contribution in [2.24, 2.45) is 10.4 Å². The highest BCUT2D eigenvalue weighted by atomic mass is 19.1. The van der Waals surface area contributed by atoms with Gasteiger partial charge in [0, 0.05) is 19.0 Å². The molecule has 1 saturated heterocycles. The summed E-state index contributed by atoms with van der Waals surface area (Å²) < 4.78 is 24.3. The molecule has 1 fully saturated rings. The van der Waals surface area contributed by atoms with Crippen LogP contribution in [0.15, 0.2) is 29.3 Å². The van der Waals surface area contributed by atoms with Crippen molar-refractivity contribution < 1.29 is 13.9 Å². The van der Waals surface area contributed by atoms with Crippen LogP contribution in [0.25, 0.3) is 0 Å². The number of nitrogens with zero attached hydrogens (tertiary/aromatic N) is 2. The predicted molar refractivity (Wildman–Crippen MR) is 89.4 cm³/mol. The SMILES string of the molecule is CCNC(=NCC1(C)COC1)N(C)CCOc1ccccc1F. The normalized spacial score (nSPS) is 16.6. The highest BCUT2D eigenvalue weighted by molar-refractivity contribution is 5.79. The molecule has 1 N–H and O–H groups in total. The van der Waals surface area contributed by atoms with Gasteiger partial charge in [-0.2, -0.15) is 0 Å². The molecule has 1 heterocycles. The number of nitrogens with one attached hydrogen (secondary N) is 1. The predicted octanol–water partition coefficient (Wildman–Crippen LogP) is 2.14. The van der Waals surface area contributed by atoms with Gasteiger partial charge >= 0.3 is 0 Å². The Morgan fingerprint density at radius 3 is 2.78 bits per heavy atom. The van der Waals surface area contributed by atoms with E-state index < -0.39 is 0 Å². The lowest BCUT2D eigenvalue weighted by molar-refractivity contribution is -0.0945. The molecular formula is C17H26FN3O2. The van der Waals surface area contributed by atoms with Gasteiger partial charge in [-0.15, -0.1) is 0 Å². The van der Waals surface area contributed by atoms with Crippen molar-refractivity contribution in [1.82, 2.24) is 10.2 Å². The summed E-state index contributed by atoms with van der Waals surface area (Å²) in [5.74, 6) is 0.772. The molecule has 1 aromatic carbocycles. The lowest BCUT2D eigenvalue weighted by Crippen LogP contribution is -2.45. The largest absolute Gasteiger partial charge is 0.489 e. The second-order valence-corrected chi connectivity index (χ2v) is 6.17. The summed E-state index contributed by atoms with van der Waals surface area (Å²) >= 11 is 0. The van der Waals surface area contributed by atoms with Crippen molar-refractivity contribution in [2.45, 2.75) is 13.8 Å². The lowest BCUT2D eigenvalue weighted by Gasteiger charge is -2.37. The molecule has 0 spiro atoms. The highest BCUT2D eigenvalue weighted by Gasteiger charge is 2.33. The average Bonchev–Trinajstić information content (AvgIpc) is 2.51. The number of hydrogen-bond donors (Lipinski definition) is 1. The Bertz CT molecular complexity index is 532. The first-order valence-corrected chi connectivity index (χ1v) is 7.98. The van der Waals surface area contributed by atoms with E-state index in [1.807, 2.05) is 18.9 Å². The van der Waals surface area contributed by atoms with E-state index in [0.29, 0.717) is 13.2 Å². The summed E-state index contributed by atoms with van der Waals surface area (Å²) in [6.07, 6.45) is 0. The molecular weight excluding hydrogens is 297 g/mol. The van der Waals surface area contributed by atoms with Gasteiger partial charge in [-0.25, -0.2) is 4.39 Å². The smallest absolute Gasteiger partial charge is 0.193 e. The Morgan fingerprint density at radius 1 is 1.43 bits per heavy atom. The summed E-state index contributed by atoms with van der Waals surface area (Å²) in [4.78, 5) is 6.67. The number of guanidine groups is 1. The summed E-state index contributed by atoms with van der Waals surface area (Å²) in [6.45, 7) is 8.26. The zero-order chi connectivity index (χ0) is 16.7. The van der Waals surface area contributed by atoms with E-state index in [1.165, 1.54) is 6.07 Å². The average molecular weight is 323 g/mol. The van der Waals surface area contributed by atoms with Crippen LogP contribution in [0.2, 0.25) is 0 Å². The number of likely N-dealkylation sites (N-methyl/N-ethyl adjacent to an activating group) is 1. The molecule has 128 valence electrons. The molecule has 5 nitrogen and oxygen atoms in total. The zero-order valence-electron chi connectivity index (χ0n) is 14.1. The Balaban J connectivity index is 1.84. The summed E-state index contributed by atoms with van der Waals surface area (Å²) in [7, 11) is 1.95. The monoisotopic (exact) mass is 323 g/mol. The molecule has 0 amide bonds. The van der Waals surface area contributed by atoms with Crippen molar-refractivity contribution in [3.8, 4) is 5.75 Å². The number of para-hydroxylation sites is 1. The van der Waals surface area contributed by atoms with Gasteiger partial charge < -0.3 is 19.7 Å². The molecule has 0 aromatic heterocycles. The highest BCUT2D eigenvalue weighted by Crippen LogP contribution is 2.26. The van der Waals surface area contributed by atoms with Gasteiger partial charge in [-0.1, -0.05) is 19.1 Å². The Morgan fingerprint density at radius 2 is 2.17 bits per heavy atom. The van der Waals surface area contributed by atoms with Crippen LogP contribution < -0.4 is 10.1 Å². The zero-order valence-corrected chi connectivity index (χ0v) is 14.1. The maximum atomic E-state index is 13.5. The molecule has 0 aliphatic carbocycles. The maximum absolute atomic E-state index is 13.5. The Labute approximate surface area is 137 Å². The van der Waals surface area contributed by atoms with Crippen LogP contribution in [0, 0.1) is 11.2 Å². The van der Waals surface area contributed by atoms with Crippen LogP contribution in [0.1, 0.15) is 13.8 Å². The number of aliphatic imine (C=N–C) groups is 1. The molecule has 1 aromatic rings. The minimum absolute atomic E-state index is 0.144. The third-order valence-electron chi connectivity index (χ3n) is 3.73. The van der Waals surface area contributed by atoms with Crippen molar-refractivity contribution >= 4 is 5.96 Å². The van der Waals surface area contributed by atoms with Crippen LogP contribution in [0.4, 0.5) is 4.39 Å². The van der Waals surface area contributed by atoms with E-state index in [4.69, 9.17) is 9.47 Å². The van der Waals surface area contributed by atoms with E-state index in [2.05, 4.69) is 17.2 Å². The van der Waals surface area contributed by atoms with Crippen LogP contribution in [-0.4, -0.2) is 57.4 Å². The van der Waals surface area contributed by atoms with E-state index in [0.717, 1.165) is 32.3 Å². The molecule has 0 bridgehead atoms. The third-order valence-corrected chi connectivity index (χ3v) is 3.73. The first-order valence-electron chi connectivity index (χ1n) is 7.98. The molecule has 0 unspecified atom stereocenters. The molecule has 1 aliphatic rings. The van der Waals surface area contributed by atoms with Gasteiger partial charge in [0.1, 0.15) is 6.61 Å². The second-order valence-electron chi connectivity index (χ2n) is 6.17. The van der Waals surface area contributed by atoms with Crippen LogP contribution in [0.5, 0.6) is 5.75 Å². The van der Waals surface area contributed by atoms with E-state index in [9.17, 15) is 4.39 Å². The van der Waals surface area contributed by atoms with Crippen LogP contribution in [-0.2, 0) is 4.74 Å². The van der Waals surface area contributed by atoms with Crippen LogP contribution >= 0.6 is 0 Å². The number of hydrogen-bond acceptors (Lipinski definition) is 3. The first kappa shape index (κ1) is 17.5. The fourth-order valence-corrected chi connectivity index (χ4v) is 2.24. The lowest BCUT2D eigenvalue weighted by atomic mass is 9.89. The summed E-state index contributed by atoms with van der Waals surface area (Å²) in [6, 6.07) is 6.43. The van der Waals surface area contributed by atoms with Gasteiger partial charge in [0.2, 0.25) is 0 Å². The summed E-state index contributed by atoms with van der Waals surface area (Å²) in [5, 5.41) is 3.27. The van der Waals surface area contributed by atoms with Crippen molar-refractivity contribution in [3.05, 3.63) is 30.1 Å². The molecule has 0 radical (unpaired) electrons. The third kappa shape index (κ3) is 5.10. The van der Waals surface area contributed by atoms with Crippen molar-refractivity contribution in [2.75, 3.05) is 46.5 Å². The molecule has 6 heteroatoms. The number of rotatable bonds is 7. The van der Waals surface area contributed by atoms with Gasteiger partial charge in [0.25, 0.3) is 0 Å². The molecule has 0 atom stereocenters. The number of ether oxygens (including phenoxy) is 2. The van der Waals surface area contributed by atoms with E-state index in [1.54, 1.807) is 18.2 Å². The Kier molecular flexibility index (Phi) is 6.21.